The number of nitrogens with zero attached hydrogens (tertiary/aromatic N) is 1. The summed E-state index contributed by atoms with van der Waals surface area (Å²) in [6.45, 7) is 6.07. The average Bonchev–Trinajstić information content (AvgIpc) is 2.82. The lowest BCUT2D eigenvalue weighted by molar-refractivity contribution is 0.102. The normalized spacial score (nSPS) is 11.1. The summed E-state index contributed by atoms with van der Waals surface area (Å²) >= 11 is 0. The molecule has 0 aliphatic heterocycles. The highest BCUT2D eigenvalue weighted by molar-refractivity contribution is 6.17. The highest BCUT2D eigenvalue weighted by Gasteiger charge is 2.21. The molecule has 1 N–H and O–H groups in total. The van der Waals surface area contributed by atoms with E-state index in [1.165, 1.54) is 5.39 Å². The molecule has 0 heterocycles. The van der Waals surface area contributed by atoms with Crippen LogP contribution in [0.3, 0.4) is 0 Å². The van der Waals surface area contributed by atoms with E-state index in [-0.39, 0.29) is 5.91 Å². The van der Waals surface area contributed by atoms with Gasteiger partial charge in [-0.3, -0.25) is 4.79 Å². The van der Waals surface area contributed by atoms with E-state index in [9.17, 15) is 4.79 Å². The number of amides is 1. The van der Waals surface area contributed by atoms with Gasteiger partial charge in [-0.15, -0.1) is 0 Å². The highest BCUT2D eigenvalue weighted by Crippen LogP contribution is 2.44. The third-order valence-electron chi connectivity index (χ3n) is 6.72. The molecule has 0 radical (unpaired) electrons. The van der Waals surface area contributed by atoms with Gasteiger partial charge in [0, 0.05) is 42.2 Å². The Balaban J connectivity index is 1.79. The quantitative estimate of drug-likeness (QED) is 0.297. The van der Waals surface area contributed by atoms with Gasteiger partial charge < -0.3 is 10.2 Å². The third kappa shape index (κ3) is 4.04. The third-order valence-corrected chi connectivity index (χ3v) is 6.72. The summed E-state index contributed by atoms with van der Waals surface area (Å²) in [4.78, 5) is 15.8. The maximum Gasteiger partial charge on any atom is 0.256 e. The molecule has 0 spiro atoms. The maximum atomic E-state index is 13.6. The summed E-state index contributed by atoms with van der Waals surface area (Å²) in [6.07, 6.45) is 0. The van der Waals surface area contributed by atoms with Gasteiger partial charge in [0.15, 0.2) is 0 Å². The van der Waals surface area contributed by atoms with Crippen molar-refractivity contribution in [3.63, 3.8) is 0 Å². The zero-order chi connectivity index (χ0) is 24.7. The predicted molar refractivity (Wildman–Crippen MR) is 150 cm³/mol. The predicted octanol–water partition coefficient (Wildman–Crippen LogP) is 7.90. The molecule has 0 unspecified atom stereocenters. The van der Waals surface area contributed by atoms with Crippen molar-refractivity contribution in [1.29, 1.82) is 0 Å². The Bertz CT molecular complexity index is 1570. The lowest BCUT2D eigenvalue weighted by Crippen LogP contribution is -2.16. The molecule has 0 saturated carbocycles. The maximum absolute atomic E-state index is 13.6. The minimum atomic E-state index is -0.0804. The number of rotatable bonds is 4. The Morgan fingerprint density at radius 2 is 1.23 bits per heavy atom. The molecule has 5 rings (SSSR count). The molecule has 0 aromatic heterocycles. The van der Waals surface area contributed by atoms with E-state index in [0.717, 1.165) is 60.9 Å². The molecule has 0 saturated heterocycles. The number of carbonyl (C=O) groups is 1. The molecule has 174 valence electrons. The van der Waals surface area contributed by atoms with Gasteiger partial charge in [-0.1, -0.05) is 78.4 Å². The van der Waals surface area contributed by atoms with Gasteiger partial charge in [0.1, 0.15) is 0 Å². The zero-order valence-electron chi connectivity index (χ0n) is 20.9. The van der Waals surface area contributed by atoms with Crippen LogP contribution < -0.4 is 10.2 Å². The minimum Gasteiger partial charge on any atom is -0.377 e. The van der Waals surface area contributed by atoms with Gasteiger partial charge in [-0.05, 0) is 65.6 Å². The monoisotopic (exact) mass is 458 g/mol. The van der Waals surface area contributed by atoms with E-state index in [1.807, 2.05) is 19.9 Å². The summed E-state index contributed by atoms with van der Waals surface area (Å²) in [5, 5.41) is 7.88. The number of fused-ring (bicyclic) bond motifs is 2. The van der Waals surface area contributed by atoms with Crippen LogP contribution in [0.5, 0.6) is 0 Å². The number of hydrogen-bond acceptors (Lipinski definition) is 2. The molecule has 35 heavy (non-hydrogen) atoms. The van der Waals surface area contributed by atoms with Crippen LogP contribution >= 0.6 is 0 Å². The van der Waals surface area contributed by atoms with Crippen LogP contribution in [0.1, 0.15) is 27.0 Å². The van der Waals surface area contributed by atoms with Crippen LogP contribution in [0.15, 0.2) is 84.9 Å². The molecule has 0 aliphatic carbocycles. The van der Waals surface area contributed by atoms with Crippen LogP contribution in [0.25, 0.3) is 32.7 Å². The zero-order valence-corrected chi connectivity index (χ0v) is 20.9. The van der Waals surface area contributed by atoms with Crippen LogP contribution in [-0.2, 0) is 0 Å². The largest absolute Gasteiger partial charge is 0.377 e. The standard InChI is InChI=1S/C32H30N2O/c1-20-18-21(2)29(22(3)19-20)32(35)33-27-16-14-23-10-6-8-12-25(23)30(27)31-26-13-9-7-11-24(26)15-17-28(31)34(4)5/h6-19H,1-5H3,(H,33,35). The Kier molecular flexibility index (Phi) is 5.78. The molecule has 0 bridgehead atoms. The number of aryl methyl sites for hydroxylation is 3. The van der Waals surface area contributed by atoms with Gasteiger partial charge in [-0.25, -0.2) is 0 Å². The van der Waals surface area contributed by atoms with Crippen LogP contribution in [0.4, 0.5) is 11.4 Å². The van der Waals surface area contributed by atoms with Crippen molar-refractivity contribution in [2.75, 3.05) is 24.3 Å². The molecule has 1 amide bonds. The second kappa shape index (κ2) is 8.92. The second-order valence-electron chi connectivity index (χ2n) is 9.51. The lowest BCUT2D eigenvalue weighted by Gasteiger charge is -2.23. The summed E-state index contributed by atoms with van der Waals surface area (Å²) in [6, 6.07) is 29.4. The van der Waals surface area contributed by atoms with Crippen molar-refractivity contribution < 1.29 is 4.79 Å². The van der Waals surface area contributed by atoms with E-state index in [1.54, 1.807) is 0 Å². The summed E-state index contributed by atoms with van der Waals surface area (Å²) in [5.74, 6) is -0.0804. The fourth-order valence-corrected chi connectivity index (χ4v) is 5.26. The van der Waals surface area contributed by atoms with Gasteiger partial charge in [0.25, 0.3) is 5.91 Å². The molecule has 5 aromatic rings. The van der Waals surface area contributed by atoms with Crippen molar-refractivity contribution in [3.05, 3.63) is 107 Å². The van der Waals surface area contributed by atoms with Crippen molar-refractivity contribution >= 4 is 38.8 Å². The topological polar surface area (TPSA) is 32.3 Å². The number of benzene rings is 5. The number of nitrogens with one attached hydrogen (secondary N) is 1. The molecule has 0 aliphatic rings. The lowest BCUT2D eigenvalue weighted by atomic mass is 9.90. The second-order valence-corrected chi connectivity index (χ2v) is 9.51. The first kappa shape index (κ1) is 22.7. The Morgan fingerprint density at radius 1 is 0.686 bits per heavy atom. The Morgan fingerprint density at radius 3 is 1.83 bits per heavy atom. The molecule has 0 fully saturated rings. The van der Waals surface area contributed by atoms with Crippen LogP contribution in [0.2, 0.25) is 0 Å². The Hall–Kier alpha value is -4.11. The summed E-state index contributed by atoms with van der Waals surface area (Å²) in [7, 11) is 4.13. The van der Waals surface area contributed by atoms with Crippen LogP contribution in [-0.4, -0.2) is 20.0 Å². The fraction of sp³-hybridized carbons (Fsp3) is 0.156. The van der Waals surface area contributed by atoms with Crippen molar-refractivity contribution in [2.24, 2.45) is 0 Å². The number of carbonyl (C=O) groups excluding carboxylic acids is 1. The average molecular weight is 459 g/mol. The van der Waals surface area contributed by atoms with E-state index in [2.05, 4.69) is 110 Å². The fourth-order valence-electron chi connectivity index (χ4n) is 5.26. The van der Waals surface area contributed by atoms with Gasteiger partial charge in [0.05, 0.1) is 0 Å². The minimum absolute atomic E-state index is 0.0804. The summed E-state index contributed by atoms with van der Waals surface area (Å²) in [5.41, 5.74) is 7.96. The van der Waals surface area contributed by atoms with Crippen molar-refractivity contribution in [2.45, 2.75) is 20.8 Å². The molecular formula is C32H30N2O. The molecular weight excluding hydrogens is 428 g/mol. The molecule has 3 nitrogen and oxygen atoms in total. The highest BCUT2D eigenvalue weighted by atomic mass is 16.1. The van der Waals surface area contributed by atoms with Crippen LogP contribution in [0, 0.1) is 20.8 Å². The molecule has 5 aromatic carbocycles. The first-order chi connectivity index (χ1) is 16.8. The summed E-state index contributed by atoms with van der Waals surface area (Å²) < 4.78 is 0. The van der Waals surface area contributed by atoms with Gasteiger partial charge >= 0.3 is 0 Å². The number of anilines is 2. The van der Waals surface area contributed by atoms with E-state index in [4.69, 9.17) is 0 Å². The van der Waals surface area contributed by atoms with Crippen molar-refractivity contribution in [3.8, 4) is 11.1 Å². The van der Waals surface area contributed by atoms with Gasteiger partial charge in [-0.2, -0.15) is 0 Å². The van der Waals surface area contributed by atoms with E-state index < -0.39 is 0 Å². The molecule has 3 heteroatoms. The first-order valence-corrected chi connectivity index (χ1v) is 12.0. The van der Waals surface area contributed by atoms with Gasteiger partial charge in [0.2, 0.25) is 0 Å². The Labute approximate surface area is 207 Å². The number of hydrogen-bond donors (Lipinski definition) is 1. The SMILES string of the molecule is Cc1cc(C)c(C(=O)Nc2ccc3ccccc3c2-c2c(N(C)C)ccc3ccccc23)c(C)c1. The smallest absolute Gasteiger partial charge is 0.256 e. The molecule has 0 atom stereocenters. The van der Waals surface area contributed by atoms with Crippen molar-refractivity contribution in [1.82, 2.24) is 0 Å². The first-order valence-electron chi connectivity index (χ1n) is 12.0. The van der Waals surface area contributed by atoms with E-state index in [0.29, 0.717) is 0 Å². The van der Waals surface area contributed by atoms with E-state index >= 15 is 0 Å².